The van der Waals surface area contributed by atoms with Crippen LogP contribution in [-0.4, -0.2) is 18.7 Å². The number of esters is 1. The van der Waals surface area contributed by atoms with Crippen LogP contribution in [-0.2, 0) is 19.7 Å². The minimum Gasteiger partial charge on any atom is -0.463 e. The summed E-state index contributed by atoms with van der Waals surface area (Å²) in [6.07, 6.45) is 7.69. The number of hydrogen-bond donors (Lipinski definition) is 0. The van der Waals surface area contributed by atoms with Gasteiger partial charge < -0.3 is 9.47 Å². The number of rotatable bonds is 5. The molecule has 5 nitrogen and oxygen atoms in total. The predicted octanol–water partition coefficient (Wildman–Crippen LogP) is 5.00. The molecule has 0 aliphatic carbocycles. The van der Waals surface area contributed by atoms with Crippen LogP contribution >= 0.6 is 0 Å². The van der Waals surface area contributed by atoms with E-state index in [0.717, 1.165) is 22.3 Å². The highest BCUT2D eigenvalue weighted by molar-refractivity contribution is 5.88. The molecule has 0 amide bonds. The van der Waals surface area contributed by atoms with Crippen molar-refractivity contribution in [1.29, 1.82) is 0 Å². The van der Waals surface area contributed by atoms with Gasteiger partial charge in [-0.1, -0.05) is 50.2 Å². The van der Waals surface area contributed by atoms with E-state index < -0.39 is 5.97 Å². The highest BCUT2D eigenvalue weighted by Gasteiger charge is 2.35. The van der Waals surface area contributed by atoms with Crippen molar-refractivity contribution in [3.05, 3.63) is 70.9 Å². The van der Waals surface area contributed by atoms with Crippen LogP contribution in [0.3, 0.4) is 0 Å². The van der Waals surface area contributed by atoms with Gasteiger partial charge in [-0.25, -0.2) is 9.59 Å². The zero-order valence-corrected chi connectivity index (χ0v) is 16.1. The fourth-order valence-electron chi connectivity index (χ4n) is 3.33. The van der Waals surface area contributed by atoms with E-state index in [1.54, 1.807) is 19.1 Å². The van der Waals surface area contributed by atoms with Crippen molar-refractivity contribution in [2.75, 3.05) is 6.61 Å². The Morgan fingerprint density at radius 3 is 2.29 bits per heavy atom. The molecule has 5 heteroatoms. The molecule has 1 aliphatic heterocycles. The Kier molecular flexibility index (Phi) is 5.57. The summed E-state index contributed by atoms with van der Waals surface area (Å²) in [4.78, 5) is 25.5. The van der Waals surface area contributed by atoms with Gasteiger partial charge >= 0.3 is 5.97 Å². The Morgan fingerprint density at radius 1 is 1.11 bits per heavy atom. The second-order valence-electron chi connectivity index (χ2n) is 6.80. The molecule has 142 valence electrons. The largest absolute Gasteiger partial charge is 0.463 e. The van der Waals surface area contributed by atoms with Crippen molar-refractivity contribution < 1.29 is 19.1 Å². The molecular formula is C23H21NO4. The molecule has 28 heavy (non-hydrogen) atoms. The van der Waals surface area contributed by atoms with Crippen LogP contribution in [0, 0.1) is 0 Å². The molecule has 2 aromatic carbocycles. The summed E-state index contributed by atoms with van der Waals surface area (Å²) in [6, 6.07) is 11.7. The monoisotopic (exact) mass is 375 g/mol. The minimum atomic E-state index is -0.397. The smallest absolute Gasteiger partial charge is 0.330 e. The van der Waals surface area contributed by atoms with E-state index in [0.29, 0.717) is 18.1 Å². The van der Waals surface area contributed by atoms with Gasteiger partial charge in [0.25, 0.3) is 0 Å². The maximum atomic E-state index is 11.7. The number of ether oxygens (including phenoxy) is 2. The van der Waals surface area contributed by atoms with Crippen LogP contribution in [0.1, 0.15) is 43.0 Å². The molecule has 2 aromatic rings. The van der Waals surface area contributed by atoms with Gasteiger partial charge in [-0.15, -0.1) is 0 Å². The van der Waals surface area contributed by atoms with Crippen molar-refractivity contribution in [3.8, 4) is 11.5 Å². The number of aliphatic imine (C=N–C) groups is 1. The highest BCUT2D eigenvalue weighted by Crippen LogP contribution is 2.50. The fraction of sp³-hybridized carbons (Fsp3) is 0.217. The topological polar surface area (TPSA) is 65.0 Å². The van der Waals surface area contributed by atoms with Crippen LogP contribution in [0.4, 0.5) is 0 Å². The number of fused-ring (bicyclic) bond motifs is 2. The first-order chi connectivity index (χ1) is 13.5. The molecule has 0 atom stereocenters. The zero-order chi connectivity index (χ0) is 20.1. The van der Waals surface area contributed by atoms with Gasteiger partial charge in [-0.2, -0.15) is 4.99 Å². The first-order valence-electron chi connectivity index (χ1n) is 9.02. The lowest BCUT2D eigenvalue weighted by atomic mass is 9.74. The standard InChI is InChI=1S/C23H21NO4/c1-4-27-20(26)12-11-16-7-5-9-18-21(16)28-22-17(13-14-24-15-25)8-6-10-19(22)23(18,2)3/h5-14H,4H2,1-3H3/b12-11+,14-13+. The predicted molar refractivity (Wildman–Crippen MR) is 108 cm³/mol. The third-order valence-electron chi connectivity index (χ3n) is 4.71. The zero-order valence-electron chi connectivity index (χ0n) is 16.1. The molecule has 0 radical (unpaired) electrons. The number of para-hydroxylation sites is 2. The minimum absolute atomic E-state index is 0.311. The second kappa shape index (κ2) is 8.07. The van der Waals surface area contributed by atoms with Crippen LogP contribution in [0.25, 0.3) is 12.2 Å². The maximum Gasteiger partial charge on any atom is 0.330 e. The number of carbonyl (C=O) groups is 1. The molecule has 0 saturated heterocycles. The molecule has 0 bridgehead atoms. The van der Waals surface area contributed by atoms with E-state index in [2.05, 4.69) is 18.8 Å². The van der Waals surface area contributed by atoms with Crippen LogP contribution in [0.5, 0.6) is 11.5 Å². The molecule has 0 saturated carbocycles. The SMILES string of the molecule is CCOC(=O)/C=C/c1cccc2c1Oc1c(/C=C/N=C=O)cccc1C2(C)C. The lowest BCUT2D eigenvalue weighted by Gasteiger charge is -2.36. The Hall–Kier alpha value is -3.43. The Morgan fingerprint density at radius 2 is 1.71 bits per heavy atom. The molecular weight excluding hydrogens is 354 g/mol. The Bertz CT molecular complexity index is 1010. The molecule has 0 aromatic heterocycles. The summed E-state index contributed by atoms with van der Waals surface area (Å²) in [5, 5.41) is 0. The number of hydrogen-bond acceptors (Lipinski definition) is 5. The van der Waals surface area contributed by atoms with Crippen molar-refractivity contribution in [2.24, 2.45) is 4.99 Å². The van der Waals surface area contributed by atoms with Gasteiger partial charge in [0.1, 0.15) is 11.5 Å². The van der Waals surface area contributed by atoms with E-state index in [1.807, 2.05) is 36.4 Å². The summed E-state index contributed by atoms with van der Waals surface area (Å²) >= 11 is 0. The van der Waals surface area contributed by atoms with E-state index in [1.165, 1.54) is 18.4 Å². The molecule has 1 aliphatic rings. The molecule has 1 heterocycles. The maximum absolute atomic E-state index is 11.7. The molecule has 0 spiro atoms. The van der Waals surface area contributed by atoms with Crippen molar-refractivity contribution >= 4 is 24.2 Å². The van der Waals surface area contributed by atoms with Crippen molar-refractivity contribution in [2.45, 2.75) is 26.2 Å². The molecule has 0 fully saturated rings. The summed E-state index contributed by atoms with van der Waals surface area (Å²) in [5.74, 6) is 1.00. The van der Waals surface area contributed by atoms with E-state index in [9.17, 15) is 9.59 Å². The van der Waals surface area contributed by atoms with Gasteiger partial charge in [0, 0.05) is 39.9 Å². The lowest BCUT2D eigenvalue weighted by molar-refractivity contribution is -0.137. The van der Waals surface area contributed by atoms with E-state index in [-0.39, 0.29) is 5.41 Å². The average molecular weight is 375 g/mol. The second-order valence-corrected chi connectivity index (χ2v) is 6.80. The van der Waals surface area contributed by atoms with E-state index in [4.69, 9.17) is 9.47 Å². The Labute approximate surface area is 164 Å². The van der Waals surface area contributed by atoms with Gasteiger partial charge in [0.2, 0.25) is 6.08 Å². The van der Waals surface area contributed by atoms with Crippen molar-refractivity contribution in [3.63, 3.8) is 0 Å². The Balaban J connectivity index is 2.10. The number of isocyanates is 1. The summed E-state index contributed by atoms with van der Waals surface area (Å²) < 4.78 is 11.3. The quantitative estimate of drug-likeness (QED) is 0.319. The molecule has 0 N–H and O–H groups in total. The van der Waals surface area contributed by atoms with Gasteiger partial charge in [0.15, 0.2) is 0 Å². The van der Waals surface area contributed by atoms with Gasteiger partial charge in [0.05, 0.1) is 6.61 Å². The van der Waals surface area contributed by atoms with Crippen molar-refractivity contribution in [1.82, 2.24) is 0 Å². The summed E-state index contributed by atoms with van der Waals surface area (Å²) in [5.41, 5.74) is 3.34. The average Bonchev–Trinajstić information content (AvgIpc) is 2.67. The molecule has 0 unspecified atom stereocenters. The third-order valence-corrected chi connectivity index (χ3v) is 4.71. The van der Waals surface area contributed by atoms with Crippen LogP contribution in [0.2, 0.25) is 0 Å². The normalized spacial score (nSPS) is 14.1. The summed E-state index contributed by atoms with van der Waals surface area (Å²) in [7, 11) is 0. The van der Waals surface area contributed by atoms with Gasteiger partial charge in [-0.05, 0) is 19.1 Å². The number of carbonyl (C=O) groups excluding carboxylic acids is 2. The van der Waals surface area contributed by atoms with Crippen LogP contribution in [0.15, 0.2) is 53.7 Å². The lowest BCUT2D eigenvalue weighted by Crippen LogP contribution is -2.25. The molecule has 3 rings (SSSR count). The fourth-order valence-corrected chi connectivity index (χ4v) is 3.33. The summed E-state index contributed by atoms with van der Waals surface area (Å²) in [6.45, 7) is 6.35. The highest BCUT2D eigenvalue weighted by atomic mass is 16.5. The van der Waals surface area contributed by atoms with Crippen LogP contribution < -0.4 is 4.74 Å². The number of benzene rings is 2. The first kappa shape index (κ1) is 19.3. The van der Waals surface area contributed by atoms with Gasteiger partial charge in [-0.3, -0.25) is 0 Å². The van der Waals surface area contributed by atoms with E-state index >= 15 is 0 Å². The number of nitrogens with zero attached hydrogens (tertiary/aromatic N) is 1. The first-order valence-corrected chi connectivity index (χ1v) is 9.02. The third kappa shape index (κ3) is 3.66.